The number of nitrogens with zero attached hydrogens (tertiary/aromatic N) is 5. The highest BCUT2D eigenvalue weighted by atomic mass is 32.1. The quantitative estimate of drug-likeness (QED) is 0.169. The highest BCUT2D eigenvalue weighted by Crippen LogP contribution is 2.45. The number of H-pyrrole nitrogens is 1. The molecule has 46 heavy (non-hydrogen) atoms. The number of ether oxygens (including phenoxy) is 4. The number of hydrogen-bond donors (Lipinski definition) is 2. The Balaban J connectivity index is 1.42. The van der Waals surface area contributed by atoms with E-state index in [1.54, 1.807) is 6.92 Å². The number of rotatable bonds is 9. The largest absolute Gasteiger partial charge is 0.493 e. The maximum absolute atomic E-state index is 16.1. The van der Waals surface area contributed by atoms with Gasteiger partial charge in [0, 0.05) is 16.8 Å². The first-order valence-electron chi connectivity index (χ1n) is 13.3. The van der Waals surface area contributed by atoms with Gasteiger partial charge in [0.15, 0.2) is 28.1 Å². The Labute approximate surface area is 258 Å². The van der Waals surface area contributed by atoms with E-state index in [-0.39, 0.29) is 70.5 Å². The predicted molar refractivity (Wildman–Crippen MR) is 150 cm³/mol. The van der Waals surface area contributed by atoms with Crippen molar-refractivity contribution >= 4 is 23.0 Å². The number of carbonyl (C=O) groups is 1. The number of thiazole rings is 1. The van der Waals surface area contributed by atoms with Crippen molar-refractivity contribution in [1.29, 1.82) is 0 Å². The van der Waals surface area contributed by atoms with Crippen molar-refractivity contribution < 1.29 is 45.8 Å². The molecule has 3 aromatic heterocycles. The molecule has 1 atom stereocenters. The van der Waals surface area contributed by atoms with E-state index in [1.165, 1.54) is 43.0 Å². The number of fused-ring (bicyclic) bond motifs is 1. The zero-order chi connectivity index (χ0) is 32.6. The number of alkyl halides is 3. The van der Waals surface area contributed by atoms with Gasteiger partial charge in [-0.1, -0.05) is 5.16 Å². The molecule has 1 aliphatic rings. The van der Waals surface area contributed by atoms with Gasteiger partial charge in [-0.25, -0.2) is 19.0 Å². The summed E-state index contributed by atoms with van der Waals surface area (Å²) in [4.78, 5) is 35.7. The molecule has 240 valence electrons. The van der Waals surface area contributed by atoms with Crippen molar-refractivity contribution in [1.82, 2.24) is 29.9 Å². The predicted octanol–water partition coefficient (Wildman–Crippen LogP) is 4.38. The van der Waals surface area contributed by atoms with E-state index >= 15 is 4.39 Å². The number of hydrogen-bond acceptors (Lipinski definition) is 13. The average molecular weight is 664 g/mol. The van der Waals surface area contributed by atoms with Gasteiger partial charge in [0.1, 0.15) is 19.3 Å². The summed E-state index contributed by atoms with van der Waals surface area (Å²) in [6.07, 6.45) is -4.81. The molecular formula is C27H21F4N7O7S. The summed E-state index contributed by atoms with van der Waals surface area (Å²) in [7, 11) is 1.36. The minimum atomic E-state index is -4.81. The number of methoxy groups -OCH3 is 1. The molecule has 0 bridgehead atoms. The molecule has 0 fully saturated rings. The molecule has 4 heterocycles. The molecule has 0 saturated heterocycles. The molecule has 0 amide bonds. The smallest absolute Gasteiger partial charge is 0.471 e. The van der Waals surface area contributed by atoms with Gasteiger partial charge in [0.2, 0.25) is 17.3 Å². The summed E-state index contributed by atoms with van der Waals surface area (Å²) < 4.78 is 81.6. The third kappa shape index (κ3) is 5.71. The van der Waals surface area contributed by atoms with Crippen LogP contribution in [0.4, 0.5) is 23.2 Å². The SMILES string of the molecule is CCOC(=O)c1scnc1-n1nc(C(Nc2ccc(-c3noc(C(F)(F)F)n3)cc2)c2cc(OC)c3c(c2F)OCCO3)[nH]c1=O. The summed E-state index contributed by atoms with van der Waals surface area (Å²) in [5.41, 5.74) is 0.977. The van der Waals surface area contributed by atoms with Crippen molar-refractivity contribution in [2.24, 2.45) is 0 Å². The molecule has 6 rings (SSSR count). The molecule has 2 aromatic carbocycles. The molecule has 1 unspecified atom stereocenters. The summed E-state index contributed by atoms with van der Waals surface area (Å²) in [6, 6.07) is 5.86. The van der Waals surface area contributed by atoms with E-state index in [2.05, 4.69) is 35.0 Å². The highest BCUT2D eigenvalue weighted by Gasteiger charge is 2.38. The fourth-order valence-corrected chi connectivity index (χ4v) is 5.16. The topological polar surface area (TPSA) is 169 Å². The molecule has 19 heteroatoms. The van der Waals surface area contributed by atoms with E-state index in [0.29, 0.717) is 5.69 Å². The van der Waals surface area contributed by atoms with E-state index < -0.39 is 35.6 Å². The van der Waals surface area contributed by atoms with Crippen LogP contribution in [0.3, 0.4) is 0 Å². The van der Waals surface area contributed by atoms with Crippen LogP contribution < -0.4 is 25.2 Å². The zero-order valence-corrected chi connectivity index (χ0v) is 24.5. The number of carbonyl (C=O) groups excluding carboxylic acids is 1. The van der Waals surface area contributed by atoms with Crippen LogP contribution >= 0.6 is 11.3 Å². The molecule has 2 N–H and O–H groups in total. The summed E-state index contributed by atoms with van der Waals surface area (Å²) in [6.45, 7) is 1.94. The van der Waals surface area contributed by atoms with E-state index in [1.807, 2.05) is 0 Å². The van der Waals surface area contributed by atoms with Gasteiger partial charge in [-0.2, -0.15) is 22.8 Å². The van der Waals surface area contributed by atoms with Gasteiger partial charge in [0.05, 0.1) is 19.2 Å². The second kappa shape index (κ2) is 12.1. The first-order chi connectivity index (χ1) is 22.1. The van der Waals surface area contributed by atoms with E-state index in [4.69, 9.17) is 18.9 Å². The average Bonchev–Trinajstić information content (AvgIpc) is 3.81. The van der Waals surface area contributed by atoms with Gasteiger partial charge in [-0.15, -0.1) is 16.4 Å². The van der Waals surface area contributed by atoms with Crippen LogP contribution in [-0.4, -0.2) is 62.8 Å². The molecule has 0 saturated carbocycles. The van der Waals surface area contributed by atoms with E-state index in [0.717, 1.165) is 16.0 Å². The third-order valence-electron chi connectivity index (χ3n) is 6.52. The maximum atomic E-state index is 16.1. The Morgan fingerprint density at radius 3 is 2.61 bits per heavy atom. The third-order valence-corrected chi connectivity index (χ3v) is 7.31. The Kier molecular flexibility index (Phi) is 8.07. The number of halogens is 4. The fraction of sp³-hybridized carbons (Fsp3) is 0.259. The molecule has 1 aliphatic heterocycles. The van der Waals surface area contributed by atoms with Gasteiger partial charge in [-0.05, 0) is 37.3 Å². The minimum Gasteiger partial charge on any atom is -0.493 e. The normalized spacial score (nSPS) is 13.3. The Morgan fingerprint density at radius 1 is 1.20 bits per heavy atom. The van der Waals surface area contributed by atoms with Crippen molar-refractivity contribution in [2.75, 3.05) is 32.2 Å². The van der Waals surface area contributed by atoms with Gasteiger partial charge in [-0.3, -0.25) is 4.98 Å². The second-order valence-electron chi connectivity index (χ2n) is 9.37. The Hall–Kier alpha value is -5.46. The first kappa shape index (κ1) is 30.6. The van der Waals surface area contributed by atoms with Gasteiger partial charge >= 0.3 is 23.7 Å². The van der Waals surface area contributed by atoms with Crippen molar-refractivity contribution in [3.8, 4) is 34.5 Å². The number of aromatic amines is 1. The van der Waals surface area contributed by atoms with Crippen LogP contribution in [0.15, 0.2) is 45.2 Å². The standard InChI is InChI=1S/C27H21F4N7O7S/c1-3-42-24(39)20-23(32-11-46-20)38-26(40)35-22(36-38)17(14-10-15(41-2)18-19(16(14)28)44-9-8-43-18)33-13-6-4-12(5-7-13)21-34-25(45-37-21)27(29,30)31/h4-7,10-11,17,33H,3,8-9H2,1-2H3,(H,35,36,40). The summed E-state index contributed by atoms with van der Waals surface area (Å²) in [5, 5.41) is 10.8. The molecule has 5 aromatic rings. The molecule has 0 aliphatic carbocycles. The minimum absolute atomic E-state index is 0.0180. The van der Waals surface area contributed by atoms with Crippen LogP contribution in [0.2, 0.25) is 0 Å². The maximum Gasteiger partial charge on any atom is 0.471 e. The molecule has 14 nitrogen and oxygen atoms in total. The number of anilines is 1. The lowest BCUT2D eigenvalue weighted by atomic mass is 10.0. The van der Waals surface area contributed by atoms with Crippen molar-refractivity contribution in [3.05, 3.63) is 74.3 Å². The van der Waals surface area contributed by atoms with Gasteiger partial charge in [0.25, 0.3) is 0 Å². The van der Waals surface area contributed by atoms with Crippen molar-refractivity contribution in [2.45, 2.75) is 19.1 Å². The Bertz CT molecular complexity index is 1950. The van der Waals surface area contributed by atoms with Crippen LogP contribution in [-0.2, 0) is 10.9 Å². The van der Waals surface area contributed by atoms with Gasteiger partial charge < -0.3 is 28.8 Å². The van der Waals surface area contributed by atoms with Crippen LogP contribution in [0, 0.1) is 5.82 Å². The zero-order valence-electron chi connectivity index (χ0n) is 23.7. The lowest BCUT2D eigenvalue weighted by Crippen LogP contribution is -2.21. The summed E-state index contributed by atoms with van der Waals surface area (Å²) >= 11 is 0.942. The summed E-state index contributed by atoms with van der Waals surface area (Å²) in [5.74, 6) is -3.59. The fourth-order valence-electron chi connectivity index (χ4n) is 4.50. The molecule has 0 radical (unpaired) electrons. The first-order valence-corrected chi connectivity index (χ1v) is 14.2. The lowest BCUT2D eigenvalue weighted by molar-refractivity contribution is -0.159. The van der Waals surface area contributed by atoms with Crippen LogP contribution in [0.25, 0.3) is 17.2 Å². The van der Waals surface area contributed by atoms with Crippen LogP contribution in [0.1, 0.15) is 39.9 Å². The Morgan fingerprint density at radius 2 is 1.93 bits per heavy atom. The van der Waals surface area contributed by atoms with E-state index in [9.17, 15) is 22.8 Å². The second-order valence-corrected chi connectivity index (χ2v) is 10.2. The van der Waals surface area contributed by atoms with Crippen LogP contribution in [0.5, 0.6) is 17.2 Å². The van der Waals surface area contributed by atoms with Crippen molar-refractivity contribution in [3.63, 3.8) is 0 Å². The monoisotopic (exact) mass is 663 g/mol. The lowest BCUT2D eigenvalue weighted by Gasteiger charge is -2.25. The molecule has 0 spiro atoms. The molecular weight excluding hydrogens is 642 g/mol. The number of nitrogens with one attached hydrogen (secondary N) is 2. The highest BCUT2D eigenvalue weighted by molar-refractivity contribution is 7.12. The number of esters is 1. The number of benzene rings is 2. The number of aromatic nitrogens is 6.